The van der Waals surface area contributed by atoms with Crippen LogP contribution in [0.3, 0.4) is 0 Å². The van der Waals surface area contributed by atoms with Crippen molar-refractivity contribution in [1.82, 2.24) is 19.4 Å². The first-order chi connectivity index (χ1) is 15.1. The van der Waals surface area contributed by atoms with Crippen molar-refractivity contribution in [3.05, 3.63) is 54.4 Å². The monoisotopic (exact) mass is 421 g/mol. The number of amides is 1. The molecule has 7 nitrogen and oxygen atoms in total. The molecule has 0 radical (unpaired) electrons. The topological polar surface area (TPSA) is 62.6 Å². The highest BCUT2D eigenvalue weighted by Gasteiger charge is 2.18. The molecule has 1 amide bonds. The predicted octanol–water partition coefficient (Wildman–Crippen LogP) is 3.21. The molecule has 3 aromatic rings. The van der Waals surface area contributed by atoms with Gasteiger partial charge in [-0.15, -0.1) is 0 Å². The lowest BCUT2D eigenvalue weighted by Crippen LogP contribution is -2.44. The van der Waals surface area contributed by atoms with E-state index in [2.05, 4.69) is 39.7 Å². The molecule has 1 saturated heterocycles. The highest BCUT2D eigenvalue weighted by Crippen LogP contribution is 2.22. The molecule has 1 aliphatic rings. The Bertz CT molecular complexity index is 1010. The van der Waals surface area contributed by atoms with Crippen LogP contribution in [-0.4, -0.2) is 65.1 Å². The number of aryl methyl sites for hydroxylation is 1. The number of aromatic nitrogens is 2. The van der Waals surface area contributed by atoms with Gasteiger partial charge in [0.25, 0.3) is 5.91 Å². The molecular formula is C24H31N5O2. The number of para-hydroxylation sites is 1. The number of carbonyl (C=O) groups excluding carboxylic acids is 1. The first-order valence-electron chi connectivity index (χ1n) is 11.0. The van der Waals surface area contributed by atoms with Gasteiger partial charge in [0.2, 0.25) is 0 Å². The van der Waals surface area contributed by atoms with Crippen LogP contribution in [0.25, 0.3) is 11.0 Å². The van der Waals surface area contributed by atoms with E-state index in [1.54, 1.807) is 0 Å². The minimum atomic E-state index is -0.186. The van der Waals surface area contributed by atoms with Gasteiger partial charge >= 0.3 is 0 Å². The SMILES string of the molecule is CCCn1c(CN2CCN(C)CC2)nc2cc(NC(=O)COc3ccccc3)ccc21. The van der Waals surface area contributed by atoms with E-state index >= 15 is 0 Å². The second-order valence-corrected chi connectivity index (χ2v) is 8.11. The third-order valence-corrected chi connectivity index (χ3v) is 5.63. The van der Waals surface area contributed by atoms with Crippen LogP contribution in [0.4, 0.5) is 5.69 Å². The van der Waals surface area contributed by atoms with Crippen molar-refractivity contribution in [2.45, 2.75) is 26.4 Å². The van der Waals surface area contributed by atoms with Crippen molar-refractivity contribution < 1.29 is 9.53 Å². The molecule has 1 N–H and O–H groups in total. The number of imidazole rings is 1. The Balaban J connectivity index is 1.45. The summed E-state index contributed by atoms with van der Waals surface area (Å²) in [6.07, 6.45) is 1.05. The summed E-state index contributed by atoms with van der Waals surface area (Å²) in [5, 5.41) is 2.92. The molecule has 1 aromatic heterocycles. The molecule has 0 aliphatic carbocycles. The fourth-order valence-electron chi connectivity index (χ4n) is 3.92. The molecule has 0 unspecified atom stereocenters. The summed E-state index contributed by atoms with van der Waals surface area (Å²) in [6.45, 7) is 8.27. The lowest BCUT2D eigenvalue weighted by molar-refractivity contribution is -0.118. The molecule has 4 rings (SSSR count). The predicted molar refractivity (Wildman–Crippen MR) is 123 cm³/mol. The van der Waals surface area contributed by atoms with Crippen LogP contribution in [0.5, 0.6) is 5.75 Å². The fraction of sp³-hybridized carbons (Fsp3) is 0.417. The molecule has 1 aliphatic heterocycles. The van der Waals surface area contributed by atoms with E-state index in [1.165, 1.54) is 0 Å². The number of rotatable bonds is 8. The minimum absolute atomic E-state index is 0.0268. The maximum Gasteiger partial charge on any atom is 0.262 e. The Morgan fingerprint density at radius 1 is 1.10 bits per heavy atom. The third kappa shape index (κ3) is 5.42. The second-order valence-electron chi connectivity index (χ2n) is 8.11. The van der Waals surface area contributed by atoms with Gasteiger partial charge < -0.3 is 19.5 Å². The number of hydrogen-bond donors (Lipinski definition) is 1. The normalized spacial score (nSPS) is 15.3. The number of benzene rings is 2. The number of fused-ring (bicyclic) bond motifs is 1. The van der Waals surface area contributed by atoms with Gasteiger partial charge in [0.1, 0.15) is 11.6 Å². The van der Waals surface area contributed by atoms with Crippen LogP contribution in [0, 0.1) is 0 Å². The maximum absolute atomic E-state index is 12.3. The molecule has 0 atom stereocenters. The molecule has 0 spiro atoms. The Morgan fingerprint density at radius 3 is 2.61 bits per heavy atom. The van der Waals surface area contributed by atoms with E-state index in [0.29, 0.717) is 5.75 Å². The molecular weight excluding hydrogens is 390 g/mol. The van der Waals surface area contributed by atoms with Crippen LogP contribution in [0.1, 0.15) is 19.2 Å². The summed E-state index contributed by atoms with van der Waals surface area (Å²) < 4.78 is 7.85. The number of ether oxygens (including phenoxy) is 1. The molecule has 31 heavy (non-hydrogen) atoms. The zero-order valence-electron chi connectivity index (χ0n) is 18.4. The molecule has 2 aromatic carbocycles. The van der Waals surface area contributed by atoms with Crippen molar-refractivity contribution in [1.29, 1.82) is 0 Å². The van der Waals surface area contributed by atoms with E-state index in [1.807, 2.05) is 42.5 Å². The molecule has 0 saturated carbocycles. The number of carbonyl (C=O) groups is 1. The zero-order valence-corrected chi connectivity index (χ0v) is 18.4. The summed E-state index contributed by atoms with van der Waals surface area (Å²) in [6, 6.07) is 15.3. The van der Waals surface area contributed by atoms with Crippen molar-refractivity contribution >= 4 is 22.6 Å². The largest absolute Gasteiger partial charge is 0.484 e. The number of hydrogen-bond acceptors (Lipinski definition) is 5. The first-order valence-corrected chi connectivity index (χ1v) is 11.0. The van der Waals surface area contributed by atoms with Crippen LogP contribution < -0.4 is 10.1 Å². The lowest BCUT2D eigenvalue weighted by Gasteiger charge is -2.32. The standard InChI is InChI=1S/C24H31N5O2/c1-3-11-29-22-10-9-19(25-24(30)18-31-20-7-5-4-6-8-20)16-21(22)26-23(29)17-28-14-12-27(2)13-15-28/h4-10,16H,3,11-15,17-18H2,1-2H3,(H,25,30). The Kier molecular flexibility index (Phi) is 6.84. The third-order valence-electron chi connectivity index (χ3n) is 5.63. The molecule has 7 heteroatoms. The van der Waals surface area contributed by atoms with E-state index in [9.17, 15) is 4.79 Å². The number of anilines is 1. The molecule has 0 bridgehead atoms. The van der Waals surface area contributed by atoms with E-state index < -0.39 is 0 Å². The summed E-state index contributed by atoms with van der Waals surface area (Å²) in [7, 11) is 2.17. The van der Waals surface area contributed by atoms with Crippen LogP contribution >= 0.6 is 0 Å². The number of nitrogens with zero attached hydrogens (tertiary/aromatic N) is 4. The first kappa shape index (κ1) is 21.3. The quantitative estimate of drug-likeness (QED) is 0.605. The van der Waals surface area contributed by atoms with Crippen molar-refractivity contribution in [3.63, 3.8) is 0 Å². The number of likely N-dealkylation sites (N-methyl/N-ethyl adjacent to an activating group) is 1. The average molecular weight is 422 g/mol. The van der Waals surface area contributed by atoms with Gasteiger partial charge in [-0.05, 0) is 43.8 Å². The van der Waals surface area contributed by atoms with Gasteiger partial charge in [-0.1, -0.05) is 25.1 Å². The van der Waals surface area contributed by atoms with Crippen LogP contribution in [0.15, 0.2) is 48.5 Å². The smallest absolute Gasteiger partial charge is 0.262 e. The van der Waals surface area contributed by atoms with Crippen molar-refractivity contribution in [2.75, 3.05) is 45.2 Å². The molecule has 1 fully saturated rings. The Labute approximate surface area is 183 Å². The van der Waals surface area contributed by atoms with Gasteiger partial charge in [-0.2, -0.15) is 0 Å². The number of piperazine rings is 1. The second kappa shape index (κ2) is 9.94. The van der Waals surface area contributed by atoms with E-state index in [-0.39, 0.29) is 12.5 Å². The van der Waals surface area contributed by atoms with Gasteiger partial charge in [0.05, 0.1) is 17.6 Å². The van der Waals surface area contributed by atoms with E-state index in [4.69, 9.17) is 9.72 Å². The van der Waals surface area contributed by atoms with Crippen LogP contribution in [-0.2, 0) is 17.9 Å². The highest BCUT2D eigenvalue weighted by atomic mass is 16.5. The zero-order chi connectivity index (χ0) is 21.6. The number of nitrogens with one attached hydrogen (secondary N) is 1. The van der Waals surface area contributed by atoms with E-state index in [0.717, 1.165) is 68.2 Å². The minimum Gasteiger partial charge on any atom is -0.484 e. The average Bonchev–Trinajstić information content (AvgIpc) is 3.11. The Hall–Kier alpha value is -2.90. The summed E-state index contributed by atoms with van der Waals surface area (Å²) in [5.74, 6) is 1.59. The summed E-state index contributed by atoms with van der Waals surface area (Å²) >= 11 is 0. The maximum atomic E-state index is 12.3. The Morgan fingerprint density at radius 2 is 1.87 bits per heavy atom. The van der Waals surface area contributed by atoms with Crippen molar-refractivity contribution in [3.8, 4) is 5.75 Å². The summed E-state index contributed by atoms with van der Waals surface area (Å²) in [4.78, 5) is 22.1. The van der Waals surface area contributed by atoms with Crippen LogP contribution in [0.2, 0.25) is 0 Å². The molecule has 164 valence electrons. The van der Waals surface area contributed by atoms with Crippen molar-refractivity contribution in [2.24, 2.45) is 0 Å². The summed E-state index contributed by atoms with van der Waals surface area (Å²) in [5.41, 5.74) is 2.77. The van der Waals surface area contributed by atoms with Gasteiger partial charge in [-0.3, -0.25) is 9.69 Å². The fourth-order valence-corrected chi connectivity index (χ4v) is 3.92. The molecule has 2 heterocycles. The van der Waals surface area contributed by atoms with Gasteiger partial charge in [0.15, 0.2) is 6.61 Å². The van der Waals surface area contributed by atoms with Gasteiger partial charge in [0, 0.05) is 38.4 Å². The highest BCUT2D eigenvalue weighted by molar-refractivity contribution is 5.94. The van der Waals surface area contributed by atoms with Gasteiger partial charge in [-0.25, -0.2) is 4.98 Å². The lowest BCUT2D eigenvalue weighted by atomic mass is 10.2.